The minimum Gasteiger partial charge on any atom is -0.508 e. The highest BCUT2D eigenvalue weighted by molar-refractivity contribution is 5.48. The van der Waals surface area contributed by atoms with Gasteiger partial charge < -0.3 is 14.9 Å². The number of hydrogen-bond donors (Lipinski definition) is 2. The number of phenols is 2. The average Bonchev–Trinajstić information content (AvgIpc) is 3.43. The van der Waals surface area contributed by atoms with Gasteiger partial charge in [0.1, 0.15) is 17.1 Å². The zero-order chi connectivity index (χ0) is 22.0. The van der Waals surface area contributed by atoms with E-state index in [1.165, 1.54) is 25.7 Å². The first kappa shape index (κ1) is 24.6. The van der Waals surface area contributed by atoms with Crippen LogP contribution < -0.4 is 0 Å². The van der Waals surface area contributed by atoms with E-state index in [2.05, 4.69) is 20.8 Å². The van der Waals surface area contributed by atoms with E-state index in [0.717, 1.165) is 63.4 Å². The van der Waals surface area contributed by atoms with Crippen LogP contribution in [0.2, 0.25) is 0 Å². The third kappa shape index (κ3) is 8.57. The molecule has 1 aromatic rings. The molecular formula is C26H42O4. The first-order chi connectivity index (χ1) is 14.3. The minimum atomic E-state index is -0.153. The zero-order valence-electron chi connectivity index (χ0n) is 19.3. The molecule has 0 saturated heterocycles. The van der Waals surface area contributed by atoms with Crippen molar-refractivity contribution in [1.29, 1.82) is 0 Å². The topological polar surface area (TPSA) is 66.8 Å². The van der Waals surface area contributed by atoms with Gasteiger partial charge in [0.2, 0.25) is 0 Å². The number of aromatic hydroxyl groups is 2. The van der Waals surface area contributed by atoms with Gasteiger partial charge in [-0.05, 0) is 74.8 Å². The van der Waals surface area contributed by atoms with Gasteiger partial charge in [-0.25, -0.2) is 0 Å². The molecule has 1 saturated carbocycles. The van der Waals surface area contributed by atoms with Crippen molar-refractivity contribution in [1.82, 2.24) is 0 Å². The molecule has 0 bridgehead atoms. The molecule has 1 aromatic carbocycles. The quantitative estimate of drug-likeness (QED) is 0.242. The van der Waals surface area contributed by atoms with Crippen LogP contribution in [0.15, 0.2) is 12.1 Å². The summed E-state index contributed by atoms with van der Waals surface area (Å²) < 4.78 is 5.18. The van der Waals surface area contributed by atoms with Gasteiger partial charge in [0.05, 0.1) is 0 Å². The summed E-state index contributed by atoms with van der Waals surface area (Å²) in [6.07, 6.45) is 14.7. The van der Waals surface area contributed by atoms with Crippen LogP contribution in [0.3, 0.4) is 0 Å². The molecule has 0 amide bonds. The molecule has 2 rings (SSSR count). The second kappa shape index (κ2) is 11.6. The van der Waals surface area contributed by atoms with E-state index in [0.29, 0.717) is 29.6 Å². The van der Waals surface area contributed by atoms with Crippen molar-refractivity contribution in [3.8, 4) is 11.5 Å². The van der Waals surface area contributed by atoms with Crippen molar-refractivity contribution in [2.45, 2.75) is 116 Å². The van der Waals surface area contributed by atoms with Gasteiger partial charge in [0.15, 0.2) is 0 Å². The number of rotatable bonds is 15. The Morgan fingerprint density at radius 2 is 1.57 bits per heavy atom. The maximum atomic E-state index is 10.6. The Morgan fingerprint density at radius 3 is 2.20 bits per heavy atom. The van der Waals surface area contributed by atoms with Crippen LogP contribution in [-0.4, -0.2) is 22.3 Å². The zero-order valence-corrected chi connectivity index (χ0v) is 19.3. The van der Waals surface area contributed by atoms with Crippen molar-refractivity contribution in [3.63, 3.8) is 0 Å². The van der Waals surface area contributed by atoms with Gasteiger partial charge in [-0.1, -0.05) is 58.9 Å². The van der Waals surface area contributed by atoms with Crippen molar-refractivity contribution in [3.05, 3.63) is 23.3 Å². The summed E-state index contributed by atoms with van der Waals surface area (Å²) in [7, 11) is 0. The predicted molar refractivity (Wildman–Crippen MR) is 122 cm³/mol. The number of benzene rings is 1. The molecule has 0 aromatic heterocycles. The van der Waals surface area contributed by atoms with Crippen LogP contribution in [0, 0.1) is 5.41 Å². The van der Waals surface area contributed by atoms with Crippen LogP contribution in [0.5, 0.6) is 11.5 Å². The van der Waals surface area contributed by atoms with E-state index >= 15 is 0 Å². The maximum Gasteiger partial charge on any atom is 0.293 e. The fourth-order valence-electron chi connectivity index (χ4n) is 4.22. The van der Waals surface area contributed by atoms with E-state index < -0.39 is 0 Å². The van der Waals surface area contributed by atoms with E-state index in [1.807, 2.05) is 6.07 Å². The number of ether oxygens (including phenoxy) is 1. The fraction of sp³-hybridized carbons (Fsp3) is 0.731. The molecular weight excluding hydrogens is 376 g/mol. The second-order valence-electron chi connectivity index (χ2n) is 10.4. The Labute approximate surface area is 183 Å². The second-order valence-corrected chi connectivity index (χ2v) is 10.4. The molecule has 0 spiro atoms. The monoisotopic (exact) mass is 418 g/mol. The minimum absolute atomic E-state index is 0.153. The van der Waals surface area contributed by atoms with Crippen molar-refractivity contribution >= 4 is 6.47 Å². The molecule has 2 N–H and O–H groups in total. The highest BCUT2D eigenvalue weighted by atomic mass is 16.5. The summed E-state index contributed by atoms with van der Waals surface area (Å²) in [6.45, 7) is 7.44. The number of phenolic OH excluding ortho intramolecular Hbond substituents is 2. The Bertz CT molecular complexity index is 656. The van der Waals surface area contributed by atoms with Crippen molar-refractivity contribution in [2.24, 2.45) is 5.41 Å². The SMILES string of the molecule is CC(C)(C)CCCCCCc1ccc(O)c(CCCCCCC2(OC=O)CC2)c1O. The van der Waals surface area contributed by atoms with Gasteiger partial charge in [0.25, 0.3) is 6.47 Å². The molecule has 1 aliphatic rings. The van der Waals surface area contributed by atoms with Gasteiger partial charge in [0, 0.05) is 5.56 Å². The molecule has 30 heavy (non-hydrogen) atoms. The Hall–Kier alpha value is -1.71. The van der Waals surface area contributed by atoms with Gasteiger partial charge in [-0.15, -0.1) is 0 Å². The van der Waals surface area contributed by atoms with E-state index in [-0.39, 0.29) is 11.4 Å². The standard InChI is InChI=1S/C26H42O4/c1-25(2,3)16-10-6-4-8-12-21-14-15-23(28)22(24(21)29)13-9-5-7-11-17-26(18-19-26)30-20-27/h14-15,20,28-29H,4-13,16-19H2,1-3H3. The highest BCUT2D eigenvalue weighted by Gasteiger charge is 2.44. The number of unbranched alkanes of at least 4 members (excludes halogenated alkanes) is 6. The Kier molecular flexibility index (Phi) is 9.51. The normalized spacial score (nSPS) is 15.2. The maximum absolute atomic E-state index is 10.6. The van der Waals surface area contributed by atoms with E-state index in [1.54, 1.807) is 6.07 Å². The van der Waals surface area contributed by atoms with Crippen LogP contribution in [0.4, 0.5) is 0 Å². The summed E-state index contributed by atoms with van der Waals surface area (Å²) in [5.74, 6) is 0.499. The Morgan fingerprint density at radius 1 is 0.933 bits per heavy atom. The third-order valence-corrected chi connectivity index (χ3v) is 6.38. The number of aryl methyl sites for hydroxylation is 1. The predicted octanol–water partition coefficient (Wildman–Crippen LogP) is 6.84. The summed E-state index contributed by atoms with van der Waals surface area (Å²) in [5.41, 5.74) is 1.91. The highest BCUT2D eigenvalue weighted by Crippen LogP contribution is 2.43. The summed E-state index contributed by atoms with van der Waals surface area (Å²) in [5, 5.41) is 20.8. The summed E-state index contributed by atoms with van der Waals surface area (Å²) in [4.78, 5) is 10.5. The lowest BCUT2D eigenvalue weighted by molar-refractivity contribution is -0.135. The molecule has 0 aliphatic heterocycles. The first-order valence-corrected chi connectivity index (χ1v) is 11.9. The van der Waals surface area contributed by atoms with Gasteiger partial charge in [-0.2, -0.15) is 0 Å². The molecule has 0 heterocycles. The molecule has 1 aliphatic carbocycles. The lowest BCUT2D eigenvalue weighted by Crippen LogP contribution is -2.12. The van der Waals surface area contributed by atoms with E-state index in [4.69, 9.17) is 4.74 Å². The molecule has 4 heteroatoms. The molecule has 1 fully saturated rings. The van der Waals surface area contributed by atoms with Crippen molar-refractivity contribution in [2.75, 3.05) is 0 Å². The first-order valence-electron chi connectivity index (χ1n) is 11.9. The lowest BCUT2D eigenvalue weighted by Gasteiger charge is -2.17. The number of hydrogen-bond acceptors (Lipinski definition) is 4. The summed E-state index contributed by atoms with van der Waals surface area (Å²) in [6, 6.07) is 3.60. The van der Waals surface area contributed by atoms with Crippen LogP contribution in [0.25, 0.3) is 0 Å². The third-order valence-electron chi connectivity index (χ3n) is 6.38. The molecule has 0 unspecified atom stereocenters. The van der Waals surface area contributed by atoms with Crippen LogP contribution >= 0.6 is 0 Å². The average molecular weight is 419 g/mol. The molecule has 0 radical (unpaired) electrons. The van der Waals surface area contributed by atoms with Gasteiger partial charge in [-0.3, -0.25) is 4.79 Å². The summed E-state index contributed by atoms with van der Waals surface area (Å²) >= 11 is 0. The van der Waals surface area contributed by atoms with Crippen LogP contribution in [-0.2, 0) is 22.4 Å². The molecule has 4 nitrogen and oxygen atoms in total. The smallest absolute Gasteiger partial charge is 0.293 e. The fourth-order valence-corrected chi connectivity index (χ4v) is 4.22. The van der Waals surface area contributed by atoms with Gasteiger partial charge >= 0.3 is 0 Å². The number of carbonyl (C=O) groups excluding carboxylic acids is 1. The molecule has 170 valence electrons. The lowest BCUT2D eigenvalue weighted by atomic mass is 9.89. The van der Waals surface area contributed by atoms with Crippen LogP contribution in [0.1, 0.15) is 109 Å². The van der Waals surface area contributed by atoms with Crippen molar-refractivity contribution < 1.29 is 19.7 Å². The Balaban J connectivity index is 1.67. The van der Waals surface area contributed by atoms with E-state index in [9.17, 15) is 15.0 Å². The largest absolute Gasteiger partial charge is 0.508 e. The molecule has 0 atom stereocenters. The number of carbonyl (C=O) groups is 1.